The molecular formula is C13H10N2O5. The van der Waals surface area contributed by atoms with Gasteiger partial charge in [-0.1, -0.05) is 12.1 Å². The Morgan fingerprint density at radius 1 is 1.35 bits per heavy atom. The van der Waals surface area contributed by atoms with Crippen LogP contribution in [0.4, 0.5) is 5.69 Å². The molecule has 0 amide bonds. The van der Waals surface area contributed by atoms with Crippen LogP contribution in [-0.4, -0.2) is 21.0 Å². The maximum absolute atomic E-state index is 10.8. The van der Waals surface area contributed by atoms with Gasteiger partial charge in [-0.15, -0.1) is 0 Å². The third kappa shape index (κ3) is 3.29. The van der Waals surface area contributed by atoms with Crippen LogP contribution in [0.1, 0.15) is 5.56 Å². The SMILES string of the molecule is O=C(O)Cc1cccc(Oc2ncccc2[N+](=O)[O-])c1. The number of hydrogen-bond donors (Lipinski definition) is 1. The van der Waals surface area contributed by atoms with E-state index in [0.717, 1.165) is 0 Å². The fourth-order valence-corrected chi connectivity index (χ4v) is 1.61. The Labute approximate surface area is 113 Å². The van der Waals surface area contributed by atoms with Gasteiger partial charge in [0.15, 0.2) is 0 Å². The van der Waals surface area contributed by atoms with E-state index in [-0.39, 0.29) is 18.0 Å². The molecule has 0 fully saturated rings. The Balaban J connectivity index is 2.26. The third-order valence-corrected chi connectivity index (χ3v) is 2.42. The van der Waals surface area contributed by atoms with E-state index in [1.807, 2.05) is 0 Å². The average molecular weight is 274 g/mol. The van der Waals surface area contributed by atoms with Crippen molar-refractivity contribution in [1.82, 2.24) is 4.98 Å². The first-order valence-corrected chi connectivity index (χ1v) is 5.64. The zero-order valence-electron chi connectivity index (χ0n) is 10.2. The van der Waals surface area contributed by atoms with E-state index < -0.39 is 10.9 Å². The molecule has 1 aromatic heterocycles. The molecule has 1 aromatic carbocycles. The van der Waals surface area contributed by atoms with Crippen LogP contribution < -0.4 is 4.74 Å². The predicted molar refractivity (Wildman–Crippen MR) is 68.7 cm³/mol. The molecule has 0 saturated carbocycles. The predicted octanol–water partition coefficient (Wildman–Crippen LogP) is 2.41. The molecule has 0 radical (unpaired) electrons. The first kappa shape index (κ1) is 13.5. The van der Waals surface area contributed by atoms with E-state index in [9.17, 15) is 14.9 Å². The first-order valence-electron chi connectivity index (χ1n) is 5.64. The first-order chi connectivity index (χ1) is 9.56. The van der Waals surface area contributed by atoms with Gasteiger partial charge in [0, 0.05) is 12.3 Å². The lowest BCUT2D eigenvalue weighted by Crippen LogP contribution is -2.00. The van der Waals surface area contributed by atoms with Crippen molar-refractivity contribution in [2.75, 3.05) is 0 Å². The van der Waals surface area contributed by atoms with Crippen molar-refractivity contribution < 1.29 is 19.6 Å². The van der Waals surface area contributed by atoms with Crippen molar-refractivity contribution >= 4 is 11.7 Å². The van der Waals surface area contributed by atoms with E-state index in [1.54, 1.807) is 18.2 Å². The molecule has 0 spiro atoms. The Kier molecular flexibility index (Phi) is 3.90. The van der Waals surface area contributed by atoms with Crippen molar-refractivity contribution in [2.24, 2.45) is 0 Å². The lowest BCUT2D eigenvalue weighted by molar-refractivity contribution is -0.386. The summed E-state index contributed by atoms with van der Waals surface area (Å²) >= 11 is 0. The molecular weight excluding hydrogens is 264 g/mol. The number of nitrogens with zero attached hydrogens (tertiary/aromatic N) is 2. The van der Waals surface area contributed by atoms with E-state index in [2.05, 4.69) is 4.98 Å². The molecule has 0 unspecified atom stereocenters. The number of carbonyl (C=O) groups is 1. The summed E-state index contributed by atoms with van der Waals surface area (Å²) in [6.45, 7) is 0. The van der Waals surface area contributed by atoms with Crippen LogP contribution in [0.25, 0.3) is 0 Å². The topological polar surface area (TPSA) is 103 Å². The van der Waals surface area contributed by atoms with Gasteiger partial charge in [-0.25, -0.2) is 4.98 Å². The van der Waals surface area contributed by atoms with Gasteiger partial charge in [0.25, 0.3) is 5.88 Å². The number of aromatic nitrogens is 1. The van der Waals surface area contributed by atoms with Crippen LogP contribution in [-0.2, 0) is 11.2 Å². The van der Waals surface area contributed by atoms with E-state index in [4.69, 9.17) is 9.84 Å². The lowest BCUT2D eigenvalue weighted by Gasteiger charge is -2.06. The Bertz CT molecular complexity index is 657. The maximum atomic E-state index is 10.8. The molecule has 102 valence electrons. The number of nitro groups is 1. The quantitative estimate of drug-likeness (QED) is 0.663. The number of benzene rings is 1. The molecule has 0 aliphatic rings. The zero-order chi connectivity index (χ0) is 14.5. The number of pyridine rings is 1. The minimum atomic E-state index is -0.967. The van der Waals surface area contributed by atoms with Gasteiger partial charge < -0.3 is 9.84 Å². The van der Waals surface area contributed by atoms with E-state index >= 15 is 0 Å². The van der Waals surface area contributed by atoms with Gasteiger partial charge in [-0.05, 0) is 23.8 Å². The van der Waals surface area contributed by atoms with Gasteiger partial charge in [-0.3, -0.25) is 14.9 Å². The van der Waals surface area contributed by atoms with E-state index in [0.29, 0.717) is 11.3 Å². The highest BCUT2D eigenvalue weighted by Gasteiger charge is 2.16. The van der Waals surface area contributed by atoms with Crippen LogP contribution in [0.15, 0.2) is 42.6 Å². The second-order valence-electron chi connectivity index (χ2n) is 3.90. The van der Waals surface area contributed by atoms with Crippen LogP contribution in [0.5, 0.6) is 11.6 Å². The van der Waals surface area contributed by atoms with Gasteiger partial charge in [0.2, 0.25) is 0 Å². The van der Waals surface area contributed by atoms with Crippen molar-refractivity contribution in [1.29, 1.82) is 0 Å². The highest BCUT2D eigenvalue weighted by atomic mass is 16.6. The summed E-state index contributed by atoms with van der Waals surface area (Å²) in [5, 5.41) is 19.6. The van der Waals surface area contributed by atoms with Crippen molar-refractivity contribution in [3.05, 3.63) is 58.3 Å². The number of carboxylic acids is 1. The summed E-state index contributed by atoms with van der Waals surface area (Å²) < 4.78 is 5.35. The smallest absolute Gasteiger partial charge is 0.331 e. The largest absolute Gasteiger partial charge is 0.481 e. The van der Waals surface area contributed by atoms with Crippen LogP contribution >= 0.6 is 0 Å². The fraction of sp³-hybridized carbons (Fsp3) is 0.0769. The molecule has 2 aromatic rings. The molecule has 7 heteroatoms. The second-order valence-corrected chi connectivity index (χ2v) is 3.90. The van der Waals surface area contributed by atoms with Gasteiger partial charge in [0.05, 0.1) is 11.3 Å². The molecule has 0 bridgehead atoms. The fourth-order valence-electron chi connectivity index (χ4n) is 1.61. The molecule has 0 aliphatic heterocycles. The molecule has 7 nitrogen and oxygen atoms in total. The van der Waals surface area contributed by atoms with Crippen LogP contribution in [0.2, 0.25) is 0 Å². The zero-order valence-corrected chi connectivity index (χ0v) is 10.2. The number of rotatable bonds is 5. The number of ether oxygens (including phenoxy) is 1. The number of carboxylic acid groups (broad SMARTS) is 1. The summed E-state index contributed by atoms with van der Waals surface area (Å²) in [6.07, 6.45) is 1.23. The molecule has 20 heavy (non-hydrogen) atoms. The molecule has 2 rings (SSSR count). The second kappa shape index (κ2) is 5.79. The summed E-state index contributed by atoms with van der Waals surface area (Å²) in [4.78, 5) is 24.7. The summed E-state index contributed by atoms with van der Waals surface area (Å²) in [5.74, 6) is -0.804. The third-order valence-electron chi connectivity index (χ3n) is 2.42. The highest BCUT2D eigenvalue weighted by Crippen LogP contribution is 2.28. The number of hydrogen-bond acceptors (Lipinski definition) is 5. The minimum absolute atomic E-state index is 0.134. The van der Waals surface area contributed by atoms with Gasteiger partial charge in [0.1, 0.15) is 5.75 Å². The van der Waals surface area contributed by atoms with Crippen molar-refractivity contribution in [3.63, 3.8) is 0 Å². The Morgan fingerprint density at radius 2 is 2.15 bits per heavy atom. The van der Waals surface area contributed by atoms with Gasteiger partial charge in [-0.2, -0.15) is 0 Å². The number of aliphatic carboxylic acids is 1. The summed E-state index contributed by atoms with van der Waals surface area (Å²) in [5.41, 5.74) is 0.282. The molecule has 1 N–H and O–H groups in total. The molecule has 0 atom stereocenters. The van der Waals surface area contributed by atoms with Crippen LogP contribution in [0, 0.1) is 10.1 Å². The van der Waals surface area contributed by atoms with Gasteiger partial charge >= 0.3 is 11.7 Å². The lowest BCUT2D eigenvalue weighted by atomic mass is 10.1. The molecule has 0 aliphatic carbocycles. The summed E-state index contributed by atoms with van der Waals surface area (Å²) in [6, 6.07) is 9.04. The Hall–Kier alpha value is -2.96. The maximum Gasteiger partial charge on any atom is 0.331 e. The van der Waals surface area contributed by atoms with Crippen molar-refractivity contribution in [2.45, 2.75) is 6.42 Å². The average Bonchev–Trinajstić information content (AvgIpc) is 2.38. The standard InChI is InChI=1S/C13H10N2O5/c16-12(17)8-9-3-1-4-10(7-9)20-13-11(15(18)19)5-2-6-14-13/h1-7H,8H2,(H,16,17). The normalized spacial score (nSPS) is 10.0. The molecule has 1 heterocycles. The van der Waals surface area contributed by atoms with Crippen LogP contribution in [0.3, 0.4) is 0 Å². The monoisotopic (exact) mass is 274 g/mol. The Morgan fingerprint density at radius 3 is 2.85 bits per heavy atom. The minimum Gasteiger partial charge on any atom is -0.481 e. The molecule has 0 saturated heterocycles. The highest BCUT2D eigenvalue weighted by molar-refractivity contribution is 5.70. The van der Waals surface area contributed by atoms with E-state index in [1.165, 1.54) is 24.4 Å². The van der Waals surface area contributed by atoms with Crippen molar-refractivity contribution in [3.8, 4) is 11.6 Å². The summed E-state index contributed by atoms with van der Waals surface area (Å²) in [7, 11) is 0.